The first-order chi connectivity index (χ1) is 8.58. The highest BCUT2D eigenvalue weighted by Gasteiger charge is 2.25. The first kappa shape index (κ1) is 13.6. The predicted molar refractivity (Wildman–Crippen MR) is 72.3 cm³/mol. The lowest BCUT2D eigenvalue weighted by molar-refractivity contribution is 0.252. The topological polar surface area (TPSA) is 29.3 Å². The van der Waals surface area contributed by atoms with E-state index in [4.69, 9.17) is 5.73 Å². The van der Waals surface area contributed by atoms with Crippen LogP contribution in [0, 0.1) is 5.92 Å². The first-order valence-corrected chi connectivity index (χ1v) is 7.00. The lowest BCUT2D eigenvalue weighted by Gasteiger charge is -2.37. The molecule has 2 nitrogen and oxygen atoms in total. The van der Waals surface area contributed by atoms with Crippen molar-refractivity contribution in [1.82, 2.24) is 0 Å². The van der Waals surface area contributed by atoms with Crippen LogP contribution in [0.25, 0.3) is 0 Å². The fraction of sp³-hybridized carbons (Fsp3) is 0.538. The molecule has 2 unspecified atom stereocenters. The maximum absolute atomic E-state index is 12.5. The molecule has 18 heavy (non-hydrogen) atoms. The van der Waals surface area contributed by atoms with Crippen LogP contribution in [0.2, 0.25) is 0 Å². The van der Waals surface area contributed by atoms with Crippen molar-refractivity contribution >= 4 is 17.4 Å². The number of halogens is 2. The summed E-state index contributed by atoms with van der Waals surface area (Å²) in [7, 11) is 0. The SMILES string of the molecule is CC1CN(c2ccccc2SC(F)F)CCC1N. The number of rotatable bonds is 3. The predicted octanol–water partition coefficient (Wildman–Crippen LogP) is 3.17. The average Bonchev–Trinajstić information content (AvgIpc) is 2.33. The maximum Gasteiger partial charge on any atom is 0.288 e. The molecule has 5 heteroatoms. The third-order valence-electron chi connectivity index (χ3n) is 3.39. The monoisotopic (exact) mass is 272 g/mol. The molecule has 1 aromatic carbocycles. The molecule has 0 spiro atoms. The maximum atomic E-state index is 12.5. The van der Waals surface area contributed by atoms with Crippen molar-refractivity contribution in [2.75, 3.05) is 18.0 Å². The lowest BCUT2D eigenvalue weighted by Crippen LogP contribution is -2.46. The number of thioether (sulfide) groups is 1. The number of nitrogens with two attached hydrogens (primary N) is 1. The van der Waals surface area contributed by atoms with E-state index in [1.54, 1.807) is 12.1 Å². The third kappa shape index (κ3) is 3.14. The number of nitrogens with zero attached hydrogens (tertiary/aromatic N) is 1. The van der Waals surface area contributed by atoms with E-state index in [2.05, 4.69) is 11.8 Å². The summed E-state index contributed by atoms with van der Waals surface area (Å²) in [4.78, 5) is 2.81. The van der Waals surface area contributed by atoms with Gasteiger partial charge in [-0.25, -0.2) is 0 Å². The van der Waals surface area contributed by atoms with Crippen molar-refractivity contribution in [1.29, 1.82) is 0 Å². The van der Waals surface area contributed by atoms with Gasteiger partial charge in [0.05, 0.1) is 5.69 Å². The molecule has 1 fully saturated rings. The largest absolute Gasteiger partial charge is 0.370 e. The van der Waals surface area contributed by atoms with Crippen LogP contribution >= 0.6 is 11.8 Å². The van der Waals surface area contributed by atoms with E-state index in [1.807, 2.05) is 12.1 Å². The second-order valence-electron chi connectivity index (χ2n) is 4.72. The number of anilines is 1. The molecule has 1 aliphatic heterocycles. The fourth-order valence-electron chi connectivity index (χ4n) is 2.30. The minimum atomic E-state index is -2.38. The molecule has 1 aromatic rings. The quantitative estimate of drug-likeness (QED) is 0.857. The highest BCUT2D eigenvalue weighted by atomic mass is 32.2. The van der Waals surface area contributed by atoms with Gasteiger partial charge in [0, 0.05) is 24.0 Å². The van der Waals surface area contributed by atoms with E-state index in [0.29, 0.717) is 22.6 Å². The molecule has 0 bridgehead atoms. The Labute approximate surface area is 111 Å². The molecule has 0 amide bonds. The molecule has 0 saturated carbocycles. The van der Waals surface area contributed by atoms with Gasteiger partial charge in [0.1, 0.15) is 0 Å². The molecule has 1 heterocycles. The van der Waals surface area contributed by atoms with Gasteiger partial charge < -0.3 is 10.6 Å². The van der Waals surface area contributed by atoms with Gasteiger partial charge in [-0.05, 0) is 24.5 Å². The zero-order chi connectivity index (χ0) is 13.1. The van der Waals surface area contributed by atoms with Crippen molar-refractivity contribution in [3.8, 4) is 0 Å². The summed E-state index contributed by atoms with van der Waals surface area (Å²) in [5, 5.41) is 0. The van der Waals surface area contributed by atoms with Crippen molar-refractivity contribution in [3.63, 3.8) is 0 Å². The van der Waals surface area contributed by atoms with Crippen molar-refractivity contribution in [3.05, 3.63) is 24.3 Å². The normalized spacial score (nSPS) is 24.6. The Hall–Kier alpha value is -0.810. The van der Waals surface area contributed by atoms with Crippen LogP contribution < -0.4 is 10.6 Å². The molecule has 100 valence electrons. The zero-order valence-corrected chi connectivity index (χ0v) is 11.2. The molecule has 0 aliphatic carbocycles. The zero-order valence-electron chi connectivity index (χ0n) is 10.4. The number of hydrogen-bond acceptors (Lipinski definition) is 3. The Kier molecular flexibility index (Phi) is 4.45. The number of benzene rings is 1. The molecule has 2 N–H and O–H groups in total. The summed E-state index contributed by atoms with van der Waals surface area (Å²) in [5.41, 5.74) is 6.89. The van der Waals surface area contributed by atoms with Crippen LogP contribution in [-0.4, -0.2) is 24.9 Å². The van der Waals surface area contributed by atoms with E-state index in [1.165, 1.54) is 0 Å². The first-order valence-electron chi connectivity index (χ1n) is 6.12. The Morgan fingerprint density at radius 2 is 2.11 bits per heavy atom. The highest BCUT2D eigenvalue weighted by molar-refractivity contribution is 7.99. The van der Waals surface area contributed by atoms with Crippen LogP contribution in [-0.2, 0) is 0 Å². The molecule has 2 atom stereocenters. The Morgan fingerprint density at radius 1 is 1.39 bits per heavy atom. The van der Waals surface area contributed by atoms with Crippen LogP contribution in [0.4, 0.5) is 14.5 Å². The molecular weight excluding hydrogens is 254 g/mol. The van der Waals surface area contributed by atoms with E-state index < -0.39 is 5.76 Å². The lowest BCUT2D eigenvalue weighted by atomic mass is 9.94. The highest BCUT2D eigenvalue weighted by Crippen LogP contribution is 2.35. The number of alkyl halides is 2. The van der Waals surface area contributed by atoms with E-state index in [9.17, 15) is 8.78 Å². The number of hydrogen-bond donors (Lipinski definition) is 1. The van der Waals surface area contributed by atoms with Gasteiger partial charge >= 0.3 is 0 Å². The van der Waals surface area contributed by atoms with Crippen molar-refractivity contribution < 1.29 is 8.78 Å². The molecule has 1 saturated heterocycles. The van der Waals surface area contributed by atoms with Crippen molar-refractivity contribution in [2.24, 2.45) is 11.7 Å². The Bertz CT molecular complexity index is 400. The molecule has 0 aromatic heterocycles. The standard InChI is InChI=1S/C13H18F2N2S/c1-9-8-17(7-6-10(9)16)11-4-2-3-5-12(11)18-13(14)15/h2-5,9-10,13H,6-8,16H2,1H3. The van der Waals surface area contributed by atoms with Crippen LogP contribution in [0.3, 0.4) is 0 Å². The van der Waals surface area contributed by atoms with E-state index in [0.717, 1.165) is 25.2 Å². The van der Waals surface area contributed by atoms with Crippen LogP contribution in [0.5, 0.6) is 0 Å². The van der Waals surface area contributed by atoms with Gasteiger partial charge in [0.25, 0.3) is 5.76 Å². The van der Waals surface area contributed by atoms with Gasteiger partial charge in [-0.15, -0.1) is 0 Å². The van der Waals surface area contributed by atoms with Crippen molar-refractivity contribution in [2.45, 2.75) is 30.0 Å². The smallest absolute Gasteiger partial charge is 0.288 e. The third-order valence-corrected chi connectivity index (χ3v) is 4.17. The summed E-state index contributed by atoms with van der Waals surface area (Å²) >= 11 is 0.614. The van der Waals surface area contributed by atoms with E-state index >= 15 is 0 Å². The summed E-state index contributed by atoms with van der Waals surface area (Å²) < 4.78 is 25.1. The van der Waals surface area contributed by atoms with Gasteiger partial charge in [-0.3, -0.25) is 0 Å². The summed E-state index contributed by atoms with van der Waals surface area (Å²) in [6, 6.07) is 7.58. The summed E-state index contributed by atoms with van der Waals surface area (Å²) in [6.07, 6.45) is 0.912. The minimum absolute atomic E-state index is 0.219. The van der Waals surface area contributed by atoms with Gasteiger partial charge in [-0.1, -0.05) is 30.8 Å². The molecule has 0 radical (unpaired) electrons. The van der Waals surface area contributed by atoms with Crippen LogP contribution in [0.15, 0.2) is 29.2 Å². The van der Waals surface area contributed by atoms with E-state index in [-0.39, 0.29) is 6.04 Å². The number of para-hydroxylation sites is 1. The second-order valence-corrected chi connectivity index (χ2v) is 5.75. The second kappa shape index (κ2) is 5.89. The summed E-state index contributed by atoms with van der Waals surface area (Å²) in [5.74, 6) is -1.99. The molecule has 1 aliphatic rings. The molecular formula is C13H18F2N2S. The van der Waals surface area contributed by atoms with Crippen LogP contribution in [0.1, 0.15) is 13.3 Å². The minimum Gasteiger partial charge on any atom is -0.370 e. The van der Waals surface area contributed by atoms with Gasteiger partial charge in [0.15, 0.2) is 0 Å². The Balaban J connectivity index is 2.17. The van der Waals surface area contributed by atoms with Gasteiger partial charge in [-0.2, -0.15) is 8.78 Å². The average molecular weight is 272 g/mol. The molecule has 2 rings (SSSR count). The van der Waals surface area contributed by atoms with Gasteiger partial charge in [0.2, 0.25) is 0 Å². The summed E-state index contributed by atoms with van der Waals surface area (Å²) in [6.45, 7) is 3.79. The fourth-order valence-corrected chi connectivity index (χ4v) is 2.96. The number of piperidine rings is 1. The Morgan fingerprint density at radius 3 is 2.78 bits per heavy atom.